The van der Waals surface area contributed by atoms with E-state index in [0.717, 1.165) is 22.4 Å². The fraction of sp³-hybridized carbons (Fsp3) is 0.120. The molecule has 1 aromatic heterocycles. The molecule has 0 aliphatic heterocycles. The monoisotopic (exact) mass is 417 g/mol. The molecule has 1 heterocycles. The third kappa shape index (κ3) is 3.31. The molecule has 4 aromatic rings. The van der Waals surface area contributed by atoms with Gasteiger partial charge in [-0.2, -0.15) is 0 Å². The molecule has 4 rings (SSSR count). The van der Waals surface area contributed by atoms with Crippen molar-refractivity contribution < 1.29 is 13.2 Å². The minimum Gasteiger partial charge on any atom is -0.497 e. The Bertz CT molecular complexity index is 1270. The van der Waals surface area contributed by atoms with Crippen molar-refractivity contribution in [3.63, 3.8) is 0 Å². The summed E-state index contributed by atoms with van der Waals surface area (Å²) < 4.78 is 34.8. The van der Waals surface area contributed by atoms with Crippen LogP contribution in [0.15, 0.2) is 94.7 Å². The standard InChI is InChI=1S/C25H23NO3S/c1-18-23(19-10-6-4-7-11-19)26(2)24(20-12-8-5-9-13-20)25(18)30(27,28)22-16-14-21(29-3)15-17-22/h4-17H,1-3H3. The Hall–Kier alpha value is -3.31. The Morgan fingerprint density at radius 1 is 0.733 bits per heavy atom. The van der Waals surface area contributed by atoms with E-state index in [-0.39, 0.29) is 4.90 Å². The van der Waals surface area contributed by atoms with Crippen LogP contribution >= 0.6 is 0 Å². The fourth-order valence-electron chi connectivity index (χ4n) is 3.93. The predicted molar refractivity (Wildman–Crippen MR) is 119 cm³/mol. The fourth-order valence-corrected chi connectivity index (χ4v) is 5.67. The molecule has 0 N–H and O–H groups in total. The van der Waals surface area contributed by atoms with Gasteiger partial charge in [0.05, 0.1) is 23.4 Å². The quantitative estimate of drug-likeness (QED) is 0.430. The average molecular weight is 418 g/mol. The summed E-state index contributed by atoms with van der Waals surface area (Å²) in [6.07, 6.45) is 0. The molecule has 0 saturated heterocycles. The molecule has 0 unspecified atom stereocenters. The normalized spacial score (nSPS) is 11.4. The van der Waals surface area contributed by atoms with E-state index < -0.39 is 9.84 Å². The van der Waals surface area contributed by atoms with Gasteiger partial charge in [0.25, 0.3) is 0 Å². The smallest absolute Gasteiger partial charge is 0.209 e. The highest BCUT2D eigenvalue weighted by Crippen LogP contribution is 2.41. The lowest BCUT2D eigenvalue weighted by Gasteiger charge is -2.11. The molecule has 0 radical (unpaired) electrons. The lowest BCUT2D eigenvalue weighted by Crippen LogP contribution is -2.05. The molecule has 0 amide bonds. The first-order valence-corrected chi connectivity index (χ1v) is 11.1. The van der Waals surface area contributed by atoms with Crippen molar-refractivity contribution in [3.8, 4) is 28.3 Å². The maximum atomic E-state index is 13.8. The zero-order chi connectivity index (χ0) is 21.3. The third-order valence-electron chi connectivity index (χ3n) is 5.31. The molecule has 0 spiro atoms. The Balaban J connectivity index is 2.03. The first-order valence-electron chi connectivity index (χ1n) is 9.64. The van der Waals surface area contributed by atoms with Crippen LogP contribution in [0.3, 0.4) is 0 Å². The van der Waals surface area contributed by atoms with Crippen LogP contribution in [0.1, 0.15) is 5.56 Å². The van der Waals surface area contributed by atoms with E-state index >= 15 is 0 Å². The zero-order valence-electron chi connectivity index (χ0n) is 17.2. The van der Waals surface area contributed by atoms with Crippen LogP contribution in [-0.4, -0.2) is 20.1 Å². The minimum atomic E-state index is -3.76. The lowest BCUT2D eigenvalue weighted by molar-refractivity contribution is 0.414. The number of hydrogen-bond donors (Lipinski definition) is 0. The van der Waals surface area contributed by atoms with Gasteiger partial charge < -0.3 is 9.30 Å². The number of rotatable bonds is 5. The van der Waals surface area contributed by atoms with Crippen molar-refractivity contribution in [2.45, 2.75) is 16.7 Å². The van der Waals surface area contributed by atoms with E-state index in [4.69, 9.17) is 4.74 Å². The van der Waals surface area contributed by atoms with Crippen LogP contribution < -0.4 is 4.74 Å². The van der Waals surface area contributed by atoms with Crippen LogP contribution in [0.2, 0.25) is 0 Å². The Labute approximate surface area is 177 Å². The second-order valence-electron chi connectivity index (χ2n) is 7.12. The number of nitrogens with zero attached hydrogens (tertiary/aromatic N) is 1. The van der Waals surface area contributed by atoms with Crippen LogP contribution in [0.25, 0.3) is 22.5 Å². The van der Waals surface area contributed by atoms with Gasteiger partial charge in [0.1, 0.15) is 10.6 Å². The van der Waals surface area contributed by atoms with Gasteiger partial charge in [0, 0.05) is 7.05 Å². The number of methoxy groups -OCH3 is 1. The molecule has 0 bridgehead atoms. The van der Waals surface area contributed by atoms with Gasteiger partial charge in [-0.15, -0.1) is 0 Å². The van der Waals surface area contributed by atoms with E-state index in [2.05, 4.69) is 0 Å². The van der Waals surface area contributed by atoms with E-state index in [0.29, 0.717) is 16.3 Å². The number of ether oxygens (including phenoxy) is 1. The van der Waals surface area contributed by atoms with Gasteiger partial charge in [0.2, 0.25) is 9.84 Å². The summed E-state index contributed by atoms with van der Waals surface area (Å²) in [6, 6.07) is 26.1. The first kappa shape index (κ1) is 20.0. The largest absolute Gasteiger partial charge is 0.497 e. The van der Waals surface area contributed by atoms with Gasteiger partial charge in [-0.3, -0.25) is 0 Å². The third-order valence-corrected chi connectivity index (χ3v) is 7.24. The lowest BCUT2D eigenvalue weighted by atomic mass is 10.1. The molecule has 4 nitrogen and oxygen atoms in total. The van der Waals surface area contributed by atoms with Crippen LogP contribution in [0.4, 0.5) is 0 Å². The van der Waals surface area contributed by atoms with Crippen molar-refractivity contribution in [2.75, 3.05) is 7.11 Å². The second-order valence-corrected chi connectivity index (χ2v) is 9.01. The summed E-state index contributed by atoms with van der Waals surface area (Å²) in [6.45, 7) is 1.88. The molecule has 3 aromatic carbocycles. The summed E-state index contributed by atoms with van der Waals surface area (Å²) in [4.78, 5) is 0.578. The molecule has 0 fully saturated rings. The molecule has 0 aliphatic carbocycles. The molecular formula is C25H23NO3S. The Morgan fingerprint density at radius 3 is 1.73 bits per heavy atom. The molecule has 0 saturated carbocycles. The molecule has 0 atom stereocenters. The van der Waals surface area contributed by atoms with Gasteiger partial charge in [-0.05, 0) is 47.9 Å². The number of sulfone groups is 1. The van der Waals surface area contributed by atoms with Gasteiger partial charge in [-0.25, -0.2) is 8.42 Å². The van der Waals surface area contributed by atoms with E-state index in [1.807, 2.05) is 79.2 Å². The maximum Gasteiger partial charge on any atom is 0.209 e. The van der Waals surface area contributed by atoms with Crippen molar-refractivity contribution >= 4 is 9.84 Å². The first-order chi connectivity index (χ1) is 14.4. The summed E-state index contributed by atoms with van der Waals surface area (Å²) in [5.74, 6) is 0.618. The van der Waals surface area contributed by atoms with Crippen LogP contribution in [0.5, 0.6) is 5.75 Å². The van der Waals surface area contributed by atoms with Crippen molar-refractivity contribution in [1.82, 2.24) is 4.57 Å². The molecular weight excluding hydrogens is 394 g/mol. The van der Waals surface area contributed by atoms with Crippen molar-refractivity contribution in [1.29, 1.82) is 0 Å². The Morgan fingerprint density at radius 2 is 1.23 bits per heavy atom. The van der Waals surface area contributed by atoms with Crippen molar-refractivity contribution in [2.24, 2.45) is 7.05 Å². The van der Waals surface area contributed by atoms with Crippen LogP contribution in [-0.2, 0) is 16.9 Å². The van der Waals surface area contributed by atoms with Crippen LogP contribution in [0, 0.1) is 6.92 Å². The van der Waals surface area contributed by atoms with E-state index in [1.165, 1.54) is 0 Å². The maximum absolute atomic E-state index is 13.8. The van der Waals surface area contributed by atoms with Gasteiger partial charge in [0.15, 0.2) is 0 Å². The highest BCUT2D eigenvalue weighted by molar-refractivity contribution is 7.91. The average Bonchev–Trinajstić information content (AvgIpc) is 3.05. The molecule has 0 aliphatic rings. The highest BCUT2D eigenvalue weighted by Gasteiger charge is 2.30. The SMILES string of the molecule is COc1ccc(S(=O)(=O)c2c(C)c(-c3ccccc3)n(C)c2-c2ccccc2)cc1. The highest BCUT2D eigenvalue weighted by atomic mass is 32.2. The molecule has 152 valence electrons. The van der Waals surface area contributed by atoms with E-state index in [9.17, 15) is 8.42 Å². The minimum absolute atomic E-state index is 0.244. The molecule has 5 heteroatoms. The predicted octanol–water partition coefficient (Wildman–Crippen LogP) is 5.51. The topological polar surface area (TPSA) is 48.3 Å². The second kappa shape index (κ2) is 7.84. The number of aromatic nitrogens is 1. The number of hydrogen-bond acceptors (Lipinski definition) is 3. The van der Waals surface area contributed by atoms with Gasteiger partial charge >= 0.3 is 0 Å². The van der Waals surface area contributed by atoms with E-state index in [1.54, 1.807) is 31.4 Å². The summed E-state index contributed by atoms with van der Waals surface area (Å²) in [5, 5.41) is 0. The Kier molecular flexibility index (Phi) is 5.22. The molecule has 30 heavy (non-hydrogen) atoms. The summed E-state index contributed by atoms with van der Waals surface area (Å²) in [7, 11) is -0.278. The summed E-state index contributed by atoms with van der Waals surface area (Å²) >= 11 is 0. The summed E-state index contributed by atoms with van der Waals surface area (Å²) in [5.41, 5.74) is 4.14. The van der Waals surface area contributed by atoms with Gasteiger partial charge in [-0.1, -0.05) is 60.7 Å². The zero-order valence-corrected chi connectivity index (χ0v) is 18.0. The van der Waals surface area contributed by atoms with Crippen molar-refractivity contribution in [3.05, 3.63) is 90.5 Å². The number of benzene rings is 3.